The van der Waals surface area contributed by atoms with E-state index in [1.54, 1.807) is 26.8 Å². The number of hydrogen-bond acceptors (Lipinski definition) is 6. The number of halogens is 1. The number of allylic oxidation sites excluding steroid dienone is 1. The van der Waals surface area contributed by atoms with E-state index in [4.69, 9.17) is 26.1 Å². The first-order valence-electron chi connectivity index (χ1n) is 9.32. The molecule has 1 unspecified atom stereocenters. The normalized spacial score (nSPS) is 18.1. The van der Waals surface area contributed by atoms with Gasteiger partial charge in [0.25, 0.3) is 0 Å². The van der Waals surface area contributed by atoms with Crippen LogP contribution in [0.3, 0.4) is 0 Å². The highest BCUT2D eigenvalue weighted by Gasteiger charge is 2.36. The molecule has 0 bridgehead atoms. The van der Waals surface area contributed by atoms with Gasteiger partial charge in [0.15, 0.2) is 17.1 Å². The number of aromatic nitrogens is 4. The number of ether oxygens (including phenoxy) is 2. The van der Waals surface area contributed by atoms with Gasteiger partial charge in [-0.15, -0.1) is 0 Å². The molecule has 150 valence electrons. The van der Waals surface area contributed by atoms with E-state index in [2.05, 4.69) is 28.8 Å². The van der Waals surface area contributed by atoms with Crippen molar-refractivity contribution >= 4 is 29.0 Å². The largest absolute Gasteiger partial charge is 0.493 e. The summed E-state index contributed by atoms with van der Waals surface area (Å²) in [6.07, 6.45) is 8.06. The topological polar surface area (TPSA) is 74.4 Å². The molecule has 3 heterocycles. The van der Waals surface area contributed by atoms with Crippen molar-refractivity contribution in [2.45, 2.75) is 31.8 Å². The zero-order valence-corrected chi connectivity index (χ0v) is 17.5. The fourth-order valence-corrected chi connectivity index (χ4v) is 3.79. The number of aliphatic imine (C=N–C) groups is 1. The molecule has 2 aromatic heterocycles. The molecule has 4 rings (SSSR count). The first-order valence-corrected chi connectivity index (χ1v) is 9.69. The standard InChI is InChI=1S/C21H22ClN5O2/c1-13(2)27-12-23-17-18(25-20(22)26-19(17)27)21(8-5-9-24-21)11-14-6-7-15(28-3)16(10-14)29-4/h5-10,12-13H,11H2,1-4H3. The molecule has 0 N–H and O–H groups in total. The number of imidazole rings is 1. The molecule has 0 radical (unpaired) electrons. The molecule has 29 heavy (non-hydrogen) atoms. The molecule has 3 aromatic rings. The molecule has 7 nitrogen and oxygen atoms in total. The van der Waals surface area contributed by atoms with Crippen LogP contribution in [-0.4, -0.2) is 40.0 Å². The van der Waals surface area contributed by atoms with Crippen molar-refractivity contribution in [1.82, 2.24) is 19.5 Å². The van der Waals surface area contributed by atoms with E-state index >= 15 is 0 Å². The van der Waals surface area contributed by atoms with Crippen LogP contribution >= 0.6 is 11.6 Å². The number of fused-ring (bicyclic) bond motifs is 1. The second-order valence-electron chi connectivity index (χ2n) is 7.19. The summed E-state index contributed by atoms with van der Waals surface area (Å²) in [4.78, 5) is 18.3. The summed E-state index contributed by atoms with van der Waals surface area (Å²) in [6, 6.07) is 6.04. The maximum atomic E-state index is 6.31. The average molecular weight is 412 g/mol. The molecular formula is C21H22ClN5O2. The Kier molecular flexibility index (Phi) is 5.00. The third-order valence-corrected chi connectivity index (χ3v) is 5.21. The summed E-state index contributed by atoms with van der Waals surface area (Å²) in [7, 11) is 3.24. The molecule has 0 aliphatic carbocycles. The number of hydrogen-bond donors (Lipinski definition) is 0. The van der Waals surface area contributed by atoms with Gasteiger partial charge < -0.3 is 14.0 Å². The van der Waals surface area contributed by atoms with Gasteiger partial charge >= 0.3 is 0 Å². The fourth-order valence-electron chi connectivity index (χ4n) is 3.62. The van der Waals surface area contributed by atoms with E-state index in [9.17, 15) is 0 Å². The van der Waals surface area contributed by atoms with Gasteiger partial charge in [-0.05, 0) is 55.3 Å². The number of nitrogens with zero attached hydrogens (tertiary/aromatic N) is 5. The molecule has 0 amide bonds. The molecule has 1 aliphatic rings. The second kappa shape index (κ2) is 7.48. The van der Waals surface area contributed by atoms with E-state index in [-0.39, 0.29) is 11.3 Å². The summed E-state index contributed by atoms with van der Waals surface area (Å²) >= 11 is 6.31. The monoisotopic (exact) mass is 411 g/mol. The molecular weight excluding hydrogens is 390 g/mol. The van der Waals surface area contributed by atoms with Crippen LogP contribution in [0, 0.1) is 0 Å². The van der Waals surface area contributed by atoms with Crippen LogP contribution in [0.5, 0.6) is 11.5 Å². The highest BCUT2D eigenvalue weighted by Crippen LogP contribution is 2.38. The van der Waals surface area contributed by atoms with Crippen molar-refractivity contribution in [3.8, 4) is 11.5 Å². The van der Waals surface area contributed by atoms with Crippen molar-refractivity contribution in [2.75, 3.05) is 14.2 Å². The Morgan fingerprint density at radius 2 is 1.93 bits per heavy atom. The minimum Gasteiger partial charge on any atom is -0.493 e. The first kappa shape index (κ1) is 19.4. The molecule has 1 aromatic carbocycles. The van der Waals surface area contributed by atoms with Crippen LogP contribution in [0.4, 0.5) is 0 Å². The first-order chi connectivity index (χ1) is 14.0. The van der Waals surface area contributed by atoms with Crippen LogP contribution in [0.1, 0.15) is 31.1 Å². The van der Waals surface area contributed by atoms with E-state index in [0.717, 1.165) is 5.56 Å². The Labute approximate surface area is 174 Å². The van der Waals surface area contributed by atoms with Crippen molar-refractivity contribution in [3.63, 3.8) is 0 Å². The number of rotatable bonds is 6. The predicted molar refractivity (Wildman–Crippen MR) is 113 cm³/mol. The van der Waals surface area contributed by atoms with E-state index in [0.29, 0.717) is 34.8 Å². The Morgan fingerprint density at radius 3 is 2.59 bits per heavy atom. The lowest BCUT2D eigenvalue weighted by Crippen LogP contribution is -2.25. The van der Waals surface area contributed by atoms with Crippen molar-refractivity contribution in [2.24, 2.45) is 4.99 Å². The van der Waals surface area contributed by atoms with Gasteiger partial charge in [0.05, 0.1) is 20.5 Å². The van der Waals surface area contributed by atoms with Crippen molar-refractivity contribution in [3.05, 3.63) is 53.2 Å². The second-order valence-corrected chi connectivity index (χ2v) is 7.52. The van der Waals surface area contributed by atoms with Gasteiger partial charge in [0.2, 0.25) is 5.28 Å². The molecule has 1 aliphatic heterocycles. The predicted octanol–water partition coefficient (Wildman–Crippen LogP) is 4.16. The Morgan fingerprint density at radius 1 is 1.14 bits per heavy atom. The highest BCUT2D eigenvalue weighted by molar-refractivity contribution is 6.28. The lowest BCUT2D eigenvalue weighted by atomic mass is 9.87. The lowest BCUT2D eigenvalue weighted by Gasteiger charge is -2.25. The van der Waals surface area contributed by atoms with Gasteiger partial charge in [0, 0.05) is 18.7 Å². The van der Waals surface area contributed by atoms with Gasteiger partial charge in [-0.3, -0.25) is 4.99 Å². The van der Waals surface area contributed by atoms with Gasteiger partial charge in [-0.2, -0.15) is 4.98 Å². The van der Waals surface area contributed by atoms with E-state index < -0.39 is 5.54 Å². The van der Waals surface area contributed by atoms with Crippen LogP contribution in [0.15, 0.2) is 41.7 Å². The maximum Gasteiger partial charge on any atom is 0.224 e. The van der Waals surface area contributed by atoms with Gasteiger partial charge in [0.1, 0.15) is 16.7 Å². The highest BCUT2D eigenvalue weighted by atomic mass is 35.5. The molecule has 1 atom stereocenters. The molecule has 0 saturated carbocycles. The molecule has 0 saturated heterocycles. The van der Waals surface area contributed by atoms with Crippen LogP contribution in [0.25, 0.3) is 11.2 Å². The quantitative estimate of drug-likeness (QED) is 0.569. The molecule has 8 heteroatoms. The zero-order chi connectivity index (χ0) is 20.6. The van der Waals surface area contributed by atoms with Gasteiger partial charge in [-0.1, -0.05) is 6.07 Å². The molecule has 0 spiro atoms. The summed E-state index contributed by atoms with van der Waals surface area (Å²) in [5, 5.41) is 0.178. The lowest BCUT2D eigenvalue weighted by molar-refractivity contribution is 0.354. The Hall–Kier alpha value is -2.93. The third kappa shape index (κ3) is 3.35. The van der Waals surface area contributed by atoms with Gasteiger partial charge in [-0.25, -0.2) is 9.97 Å². The van der Waals surface area contributed by atoms with Crippen molar-refractivity contribution < 1.29 is 9.47 Å². The Bertz CT molecular complexity index is 1110. The smallest absolute Gasteiger partial charge is 0.224 e. The summed E-state index contributed by atoms with van der Waals surface area (Å²) in [5.74, 6) is 1.35. The zero-order valence-electron chi connectivity index (χ0n) is 16.8. The average Bonchev–Trinajstić information content (AvgIpc) is 3.35. The third-order valence-electron chi connectivity index (χ3n) is 5.05. The van der Waals surface area contributed by atoms with E-state index in [1.807, 2.05) is 34.9 Å². The van der Waals surface area contributed by atoms with Crippen molar-refractivity contribution in [1.29, 1.82) is 0 Å². The summed E-state index contributed by atoms with van der Waals surface area (Å²) in [5.41, 5.74) is 2.40. The molecule has 0 fully saturated rings. The summed E-state index contributed by atoms with van der Waals surface area (Å²) < 4.78 is 12.8. The fraction of sp³-hybridized carbons (Fsp3) is 0.333. The van der Waals surface area contributed by atoms with Crippen LogP contribution < -0.4 is 9.47 Å². The Balaban J connectivity index is 1.85. The number of methoxy groups -OCH3 is 2. The minimum absolute atomic E-state index is 0.178. The minimum atomic E-state index is -0.722. The van der Waals surface area contributed by atoms with Crippen LogP contribution in [-0.2, 0) is 12.0 Å². The SMILES string of the molecule is COc1ccc(CC2(c3nc(Cl)nc4c3ncn4C(C)C)C=CC=N2)cc1OC. The maximum absolute atomic E-state index is 6.31. The van der Waals surface area contributed by atoms with Crippen LogP contribution in [0.2, 0.25) is 5.28 Å². The number of benzene rings is 1. The summed E-state index contributed by atoms with van der Waals surface area (Å²) in [6.45, 7) is 4.15. The van der Waals surface area contributed by atoms with E-state index in [1.165, 1.54) is 0 Å².